The zero-order valence-corrected chi connectivity index (χ0v) is 9.40. The molecule has 0 amide bonds. The minimum atomic E-state index is 0.753. The molecular weight excluding hydrogens is 192 g/mol. The Morgan fingerprint density at radius 3 is 2.57 bits per heavy atom. The molecule has 1 aromatic carbocycles. The van der Waals surface area contributed by atoms with E-state index < -0.39 is 0 Å². The molecule has 0 aromatic heterocycles. The lowest BCUT2D eigenvalue weighted by molar-refractivity contribution is 0.404. The van der Waals surface area contributed by atoms with E-state index in [1.165, 1.54) is 0 Å². The maximum absolute atomic E-state index is 5.21. The van der Waals surface area contributed by atoms with Gasteiger partial charge in [-0.15, -0.1) is 12.6 Å². The fourth-order valence-electron chi connectivity index (χ4n) is 1.19. The first-order chi connectivity index (χ1) is 6.60. The Kier molecular flexibility index (Phi) is 3.42. The normalized spacial score (nSPS) is 9.64. The third kappa shape index (κ3) is 2.02. The second-order valence-electron chi connectivity index (χ2n) is 3.10. The molecule has 0 spiro atoms. The molecular formula is C12H14OS. The molecule has 0 radical (unpaired) electrons. The number of hydrogen-bond donors (Lipinski definition) is 1. The third-order valence-corrected chi connectivity index (χ3v) is 2.52. The molecule has 0 bridgehead atoms. The van der Waals surface area contributed by atoms with Crippen molar-refractivity contribution < 1.29 is 4.74 Å². The second kappa shape index (κ2) is 4.38. The Hall–Kier alpha value is -1.15. The SMILES string of the molecule is C=Cc1cc(C(=C)C)cc(OC)c1S. The van der Waals surface area contributed by atoms with Crippen molar-refractivity contribution in [2.24, 2.45) is 0 Å². The Morgan fingerprint density at radius 2 is 2.14 bits per heavy atom. The summed E-state index contributed by atoms with van der Waals surface area (Å²) in [5.41, 5.74) is 3.01. The Labute approximate surface area is 90.5 Å². The van der Waals surface area contributed by atoms with Gasteiger partial charge in [-0.25, -0.2) is 0 Å². The van der Waals surface area contributed by atoms with E-state index in [1.807, 2.05) is 19.1 Å². The molecule has 0 saturated heterocycles. The highest BCUT2D eigenvalue weighted by Gasteiger charge is 2.06. The molecule has 0 unspecified atom stereocenters. The van der Waals surface area contributed by atoms with Crippen molar-refractivity contribution in [3.05, 3.63) is 36.4 Å². The molecule has 0 aliphatic rings. The van der Waals surface area contributed by atoms with Crippen molar-refractivity contribution in [2.45, 2.75) is 11.8 Å². The highest BCUT2D eigenvalue weighted by Crippen LogP contribution is 2.30. The summed E-state index contributed by atoms with van der Waals surface area (Å²) in [5, 5.41) is 0. The van der Waals surface area contributed by atoms with Gasteiger partial charge in [0.15, 0.2) is 0 Å². The van der Waals surface area contributed by atoms with Crippen LogP contribution in [0.3, 0.4) is 0 Å². The standard InChI is InChI=1S/C12H14OS/c1-5-9-6-10(8(2)3)7-11(13-4)12(9)14/h5-7,14H,1-2H2,3-4H3. The van der Waals surface area contributed by atoms with E-state index in [0.717, 1.165) is 27.3 Å². The first kappa shape index (κ1) is 10.9. The van der Waals surface area contributed by atoms with Crippen LogP contribution < -0.4 is 4.74 Å². The van der Waals surface area contributed by atoms with Gasteiger partial charge in [0.2, 0.25) is 0 Å². The van der Waals surface area contributed by atoms with E-state index in [2.05, 4.69) is 25.8 Å². The van der Waals surface area contributed by atoms with Gasteiger partial charge in [-0.3, -0.25) is 0 Å². The summed E-state index contributed by atoms with van der Waals surface area (Å²) in [7, 11) is 1.63. The van der Waals surface area contributed by atoms with Crippen LogP contribution in [0.2, 0.25) is 0 Å². The first-order valence-corrected chi connectivity index (χ1v) is 4.74. The predicted octanol–water partition coefficient (Wildman–Crippen LogP) is 3.66. The van der Waals surface area contributed by atoms with Crippen LogP contribution in [0.1, 0.15) is 18.1 Å². The lowest BCUT2D eigenvalue weighted by Crippen LogP contribution is -1.90. The molecule has 1 nitrogen and oxygen atoms in total. The first-order valence-electron chi connectivity index (χ1n) is 4.29. The summed E-state index contributed by atoms with van der Waals surface area (Å²) in [6.07, 6.45) is 1.76. The van der Waals surface area contributed by atoms with E-state index in [9.17, 15) is 0 Å². The molecule has 0 fully saturated rings. The van der Waals surface area contributed by atoms with Crippen LogP contribution in [0.25, 0.3) is 11.6 Å². The van der Waals surface area contributed by atoms with Gasteiger partial charge in [-0.2, -0.15) is 0 Å². The second-order valence-corrected chi connectivity index (χ2v) is 3.55. The van der Waals surface area contributed by atoms with Gasteiger partial charge in [-0.1, -0.05) is 24.8 Å². The number of hydrogen-bond acceptors (Lipinski definition) is 2. The lowest BCUT2D eigenvalue weighted by Gasteiger charge is -2.10. The summed E-state index contributed by atoms with van der Waals surface area (Å²) >= 11 is 4.36. The topological polar surface area (TPSA) is 9.23 Å². The minimum absolute atomic E-state index is 0.753. The van der Waals surface area contributed by atoms with Crippen molar-refractivity contribution >= 4 is 24.3 Å². The molecule has 0 saturated carbocycles. The molecule has 14 heavy (non-hydrogen) atoms. The Morgan fingerprint density at radius 1 is 1.50 bits per heavy atom. The maximum atomic E-state index is 5.21. The van der Waals surface area contributed by atoms with E-state index >= 15 is 0 Å². The number of rotatable bonds is 3. The van der Waals surface area contributed by atoms with Gasteiger partial charge >= 0.3 is 0 Å². The van der Waals surface area contributed by atoms with E-state index in [4.69, 9.17) is 4.74 Å². The lowest BCUT2D eigenvalue weighted by atomic mass is 10.0. The number of benzene rings is 1. The van der Waals surface area contributed by atoms with Crippen molar-refractivity contribution in [2.75, 3.05) is 7.11 Å². The maximum Gasteiger partial charge on any atom is 0.133 e. The Bertz CT molecular complexity index is 380. The summed E-state index contributed by atoms with van der Waals surface area (Å²) in [6.45, 7) is 9.58. The molecule has 0 atom stereocenters. The summed E-state index contributed by atoms with van der Waals surface area (Å²) < 4.78 is 5.21. The quantitative estimate of drug-likeness (QED) is 0.742. The van der Waals surface area contributed by atoms with Crippen LogP contribution in [-0.4, -0.2) is 7.11 Å². The molecule has 0 N–H and O–H groups in total. The summed E-state index contributed by atoms with van der Waals surface area (Å²) in [4.78, 5) is 0.813. The smallest absolute Gasteiger partial charge is 0.133 e. The zero-order valence-electron chi connectivity index (χ0n) is 8.50. The molecule has 1 aromatic rings. The van der Waals surface area contributed by atoms with Crippen LogP contribution in [-0.2, 0) is 0 Å². The van der Waals surface area contributed by atoms with Crippen molar-refractivity contribution in [3.8, 4) is 5.75 Å². The van der Waals surface area contributed by atoms with Crippen molar-refractivity contribution in [3.63, 3.8) is 0 Å². The fourth-order valence-corrected chi connectivity index (χ4v) is 1.50. The third-order valence-electron chi connectivity index (χ3n) is 2.04. The average molecular weight is 206 g/mol. The van der Waals surface area contributed by atoms with Crippen LogP contribution in [0.4, 0.5) is 0 Å². The van der Waals surface area contributed by atoms with Crippen LogP contribution >= 0.6 is 12.6 Å². The molecule has 0 heterocycles. The highest BCUT2D eigenvalue weighted by molar-refractivity contribution is 7.80. The van der Waals surface area contributed by atoms with Gasteiger partial charge in [0.25, 0.3) is 0 Å². The van der Waals surface area contributed by atoms with Crippen molar-refractivity contribution in [1.29, 1.82) is 0 Å². The average Bonchev–Trinajstić information content (AvgIpc) is 2.17. The highest BCUT2D eigenvalue weighted by atomic mass is 32.1. The summed E-state index contributed by atoms with van der Waals surface area (Å²) in [5.74, 6) is 0.753. The van der Waals surface area contributed by atoms with Gasteiger partial charge in [0, 0.05) is 0 Å². The minimum Gasteiger partial charge on any atom is -0.496 e. The number of methoxy groups -OCH3 is 1. The van der Waals surface area contributed by atoms with Crippen LogP contribution in [0.15, 0.2) is 30.2 Å². The van der Waals surface area contributed by atoms with Gasteiger partial charge in [-0.05, 0) is 30.2 Å². The van der Waals surface area contributed by atoms with E-state index in [-0.39, 0.29) is 0 Å². The van der Waals surface area contributed by atoms with E-state index in [0.29, 0.717) is 0 Å². The molecule has 0 aliphatic heterocycles. The predicted molar refractivity (Wildman–Crippen MR) is 65.0 cm³/mol. The summed E-state index contributed by atoms with van der Waals surface area (Å²) in [6, 6.07) is 3.93. The largest absolute Gasteiger partial charge is 0.496 e. The van der Waals surface area contributed by atoms with Gasteiger partial charge in [0.1, 0.15) is 5.75 Å². The number of allylic oxidation sites excluding steroid dienone is 1. The zero-order chi connectivity index (χ0) is 10.7. The molecule has 0 aliphatic carbocycles. The monoisotopic (exact) mass is 206 g/mol. The molecule has 74 valence electrons. The number of ether oxygens (including phenoxy) is 1. The van der Waals surface area contributed by atoms with Crippen LogP contribution in [0, 0.1) is 0 Å². The Balaban J connectivity index is 3.39. The van der Waals surface area contributed by atoms with Gasteiger partial charge < -0.3 is 4.74 Å². The van der Waals surface area contributed by atoms with Crippen LogP contribution in [0.5, 0.6) is 5.75 Å². The van der Waals surface area contributed by atoms with E-state index in [1.54, 1.807) is 13.2 Å². The molecule has 2 heteroatoms. The van der Waals surface area contributed by atoms with Crippen molar-refractivity contribution in [1.82, 2.24) is 0 Å². The van der Waals surface area contributed by atoms with Gasteiger partial charge in [0.05, 0.1) is 12.0 Å². The number of thiol groups is 1. The molecule has 1 rings (SSSR count). The fraction of sp³-hybridized carbons (Fsp3) is 0.167.